The number of H-pyrrole nitrogens is 1. The van der Waals surface area contributed by atoms with E-state index in [0.717, 1.165) is 12.1 Å². The molecule has 2 N–H and O–H groups in total. The summed E-state index contributed by atoms with van der Waals surface area (Å²) in [6, 6.07) is 8.02. The Morgan fingerprint density at radius 2 is 1.76 bits per heavy atom. The zero-order valence-electron chi connectivity index (χ0n) is 15.9. The average molecular weight is 408 g/mol. The summed E-state index contributed by atoms with van der Waals surface area (Å²) in [7, 11) is 4.44. The summed E-state index contributed by atoms with van der Waals surface area (Å²) >= 11 is 0. The molecule has 29 heavy (non-hydrogen) atoms. The molecule has 0 fully saturated rings. The van der Waals surface area contributed by atoms with Crippen molar-refractivity contribution in [3.8, 4) is 17.2 Å². The molecule has 3 aromatic rings. The molecule has 154 valence electrons. The highest BCUT2D eigenvalue weighted by Gasteiger charge is 2.30. The Labute approximate surface area is 164 Å². The van der Waals surface area contributed by atoms with Crippen molar-refractivity contribution in [1.29, 1.82) is 0 Å². The number of carbonyl (C=O) groups excluding carboxylic acids is 1. The summed E-state index contributed by atoms with van der Waals surface area (Å²) < 4.78 is 54.5. The van der Waals surface area contributed by atoms with Gasteiger partial charge in [0.25, 0.3) is 5.91 Å². The molecule has 0 atom stereocenters. The fourth-order valence-electron chi connectivity index (χ4n) is 2.99. The summed E-state index contributed by atoms with van der Waals surface area (Å²) in [4.78, 5) is 15.5. The lowest BCUT2D eigenvalue weighted by Crippen LogP contribution is -2.23. The van der Waals surface area contributed by atoms with Crippen molar-refractivity contribution in [2.45, 2.75) is 12.7 Å². The number of ether oxygens (including phenoxy) is 3. The van der Waals surface area contributed by atoms with Gasteiger partial charge >= 0.3 is 6.18 Å². The van der Waals surface area contributed by atoms with Crippen LogP contribution in [-0.4, -0.2) is 32.2 Å². The Hall–Kier alpha value is -3.36. The second-order valence-corrected chi connectivity index (χ2v) is 6.17. The molecule has 0 saturated heterocycles. The van der Waals surface area contributed by atoms with Gasteiger partial charge in [-0.2, -0.15) is 13.2 Å². The number of hydrogen-bond donors (Lipinski definition) is 2. The van der Waals surface area contributed by atoms with Crippen molar-refractivity contribution in [2.75, 3.05) is 21.3 Å². The Bertz CT molecular complexity index is 1040. The largest absolute Gasteiger partial charge is 0.496 e. The first-order valence-electron chi connectivity index (χ1n) is 8.54. The van der Waals surface area contributed by atoms with Gasteiger partial charge in [-0.3, -0.25) is 4.79 Å². The van der Waals surface area contributed by atoms with E-state index in [9.17, 15) is 18.0 Å². The number of aromatic nitrogens is 1. The summed E-state index contributed by atoms with van der Waals surface area (Å²) in [5.74, 6) is 0.822. The first-order valence-corrected chi connectivity index (χ1v) is 8.54. The number of aromatic amines is 1. The van der Waals surface area contributed by atoms with E-state index in [2.05, 4.69) is 10.3 Å². The lowest BCUT2D eigenvalue weighted by molar-refractivity contribution is -0.137. The van der Waals surface area contributed by atoms with Crippen LogP contribution in [0.1, 0.15) is 21.6 Å². The minimum Gasteiger partial charge on any atom is -0.496 e. The van der Waals surface area contributed by atoms with Gasteiger partial charge < -0.3 is 24.5 Å². The monoisotopic (exact) mass is 408 g/mol. The van der Waals surface area contributed by atoms with Crippen molar-refractivity contribution >= 4 is 16.8 Å². The van der Waals surface area contributed by atoms with Gasteiger partial charge in [0, 0.05) is 18.0 Å². The van der Waals surface area contributed by atoms with E-state index in [-0.39, 0.29) is 12.2 Å². The van der Waals surface area contributed by atoms with Gasteiger partial charge in [-0.1, -0.05) is 12.1 Å². The van der Waals surface area contributed by atoms with Crippen LogP contribution in [0.4, 0.5) is 13.2 Å². The quantitative estimate of drug-likeness (QED) is 0.643. The molecule has 1 aromatic heterocycles. The van der Waals surface area contributed by atoms with Crippen molar-refractivity contribution in [3.63, 3.8) is 0 Å². The highest BCUT2D eigenvalue weighted by atomic mass is 19.4. The number of methoxy groups -OCH3 is 3. The SMILES string of the molecule is COc1cc(OC)c2cc(C(=O)NCc3cccc(C(F)(F)F)c3)[nH]c2c1OC. The van der Waals surface area contributed by atoms with E-state index in [1.807, 2.05) is 0 Å². The fourth-order valence-corrected chi connectivity index (χ4v) is 2.99. The van der Waals surface area contributed by atoms with E-state index < -0.39 is 17.6 Å². The van der Waals surface area contributed by atoms with Crippen LogP contribution in [0.2, 0.25) is 0 Å². The molecule has 0 aliphatic rings. The molecule has 0 radical (unpaired) electrons. The van der Waals surface area contributed by atoms with Gasteiger partial charge in [0.1, 0.15) is 11.4 Å². The maximum atomic E-state index is 12.8. The molecule has 3 rings (SSSR count). The Balaban J connectivity index is 1.86. The molecule has 0 saturated carbocycles. The van der Waals surface area contributed by atoms with Gasteiger partial charge in [-0.25, -0.2) is 0 Å². The van der Waals surface area contributed by atoms with Crippen molar-refractivity contribution in [1.82, 2.24) is 10.3 Å². The van der Waals surface area contributed by atoms with Crippen molar-refractivity contribution in [2.24, 2.45) is 0 Å². The Morgan fingerprint density at radius 3 is 2.38 bits per heavy atom. The van der Waals surface area contributed by atoms with Crippen molar-refractivity contribution < 1.29 is 32.2 Å². The van der Waals surface area contributed by atoms with E-state index in [1.54, 1.807) is 12.1 Å². The lowest BCUT2D eigenvalue weighted by Gasteiger charge is -2.11. The number of fused-ring (bicyclic) bond motifs is 1. The predicted molar refractivity (Wildman–Crippen MR) is 101 cm³/mol. The molecule has 0 aliphatic heterocycles. The molecule has 6 nitrogen and oxygen atoms in total. The smallest absolute Gasteiger partial charge is 0.416 e. The molecular formula is C20H19F3N2O4. The molecule has 2 aromatic carbocycles. The van der Waals surface area contributed by atoms with E-state index in [1.165, 1.54) is 33.5 Å². The van der Waals surface area contributed by atoms with Crippen LogP contribution in [0.5, 0.6) is 17.2 Å². The number of rotatable bonds is 6. The molecule has 0 aliphatic carbocycles. The number of alkyl halides is 3. The summed E-state index contributed by atoms with van der Waals surface area (Å²) in [6.45, 7) is -0.0598. The van der Waals surface area contributed by atoms with E-state index >= 15 is 0 Å². The number of halogens is 3. The Morgan fingerprint density at radius 1 is 1.03 bits per heavy atom. The van der Waals surface area contributed by atoms with Crippen LogP contribution in [0.3, 0.4) is 0 Å². The van der Waals surface area contributed by atoms with Crippen LogP contribution in [0, 0.1) is 0 Å². The Kier molecular flexibility index (Phi) is 5.58. The molecule has 1 heterocycles. The first-order chi connectivity index (χ1) is 13.8. The van der Waals surface area contributed by atoms with Gasteiger partial charge in [0.2, 0.25) is 0 Å². The van der Waals surface area contributed by atoms with Crippen molar-refractivity contribution in [3.05, 3.63) is 53.2 Å². The van der Waals surface area contributed by atoms with Crippen LogP contribution in [0.15, 0.2) is 36.4 Å². The highest BCUT2D eigenvalue weighted by molar-refractivity contribution is 6.02. The molecule has 1 amide bonds. The van der Waals surface area contributed by atoms with Crippen LogP contribution < -0.4 is 19.5 Å². The number of carbonyl (C=O) groups is 1. The predicted octanol–water partition coefficient (Wildman–Crippen LogP) is 4.14. The summed E-state index contributed by atoms with van der Waals surface area (Å²) in [5.41, 5.74) is 0.280. The van der Waals surface area contributed by atoms with E-state index in [0.29, 0.717) is 33.7 Å². The van der Waals surface area contributed by atoms with Gasteiger partial charge in [0.05, 0.1) is 32.4 Å². The first kappa shape index (κ1) is 20.4. The maximum Gasteiger partial charge on any atom is 0.416 e. The van der Waals surface area contributed by atoms with Gasteiger partial charge in [-0.05, 0) is 23.8 Å². The third-order valence-corrected chi connectivity index (χ3v) is 4.39. The summed E-state index contributed by atoms with van der Waals surface area (Å²) in [6.07, 6.45) is -4.44. The number of benzene rings is 2. The number of amides is 1. The minimum atomic E-state index is -4.44. The van der Waals surface area contributed by atoms with E-state index in [4.69, 9.17) is 14.2 Å². The van der Waals surface area contributed by atoms with Crippen LogP contribution in [0.25, 0.3) is 10.9 Å². The molecule has 0 spiro atoms. The standard InChI is InChI=1S/C20H19F3N2O4/c1-27-15-9-16(28-2)18(29-3)17-13(15)8-14(25-17)19(26)24-10-11-5-4-6-12(7-11)20(21,22)23/h4-9,25H,10H2,1-3H3,(H,24,26). The molecule has 0 unspecified atom stereocenters. The highest BCUT2D eigenvalue weighted by Crippen LogP contribution is 2.41. The lowest BCUT2D eigenvalue weighted by atomic mass is 10.1. The number of nitrogens with one attached hydrogen (secondary N) is 2. The third kappa shape index (κ3) is 4.08. The maximum absolute atomic E-state index is 12.8. The minimum absolute atomic E-state index is 0.0598. The second-order valence-electron chi connectivity index (χ2n) is 6.17. The zero-order valence-corrected chi connectivity index (χ0v) is 15.9. The third-order valence-electron chi connectivity index (χ3n) is 4.39. The van der Waals surface area contributed by atoms with Crippen LogP contribution in [-0.2, 0) is 12.7 Å². The molecule has 9 heteroatoms. The summed E-state index contributed by atoms with van der Waals surface area (Å²) in [5, 5.41) is 3.21. The zero-order chi connectivity index (χ0) is 21.2. The number of hydrogen-bond acceptors (Lipinski definition) is 4. The normalized spacial score (nSPS) is 11.4. The fraction of sp³-hybridized carbons (Fsp3) is 0.250. The average Bonchev–Trinajstić information content (AvgIpc) is 3.15. The second kappa shape index (κ2) is 7.94. The van der Waals surface area contributed by atoms with Gasteiger partial charge in [-0.15, -0.1) is 0 Å². The molecule has 0 bridgehead atoms. The molecular weight excluding hydrogens is 389 g/mol. The van der Waals surface area contributed by atoms with Gasteiger partial charge in [0.15, 0.2) is 11.5 Å². The van der Waals surface area contributed by atoms with Crippen LogP contribution >= 0.6 is 0 Å². The topological polar surface area (TPSA) is 72.6 Å².